The lowest BCUT2D eigenvalue weighted by molar-refractivity contribution is 0.0691. The van der Waals surface area contributed by atoms with E-state index in [4.69, 9.17) is 0 Å². The summed E-state index contributed by atoms with van der Waals surface area (Å²) in [6.45, 7) is 3.46. The number of nitrogens with one attached hydrogen (secondary N) is 1. The molecule has 25 heavy (non-hydrogen) atoms. The van der Waals surface area contributed by atoms with E-state index in [1.165, 1.54) is 12.4 Å². The number of piperidine rings is 1. The van der Waals surface area contributed by atoms with Gasteiger partial charge < -0.3 is 10.2 Å². The highest BCUT2D eigenvalue weighted by atomic mass is 19.2. The number of aromatic nitrogens is 2. The van der Waals surface area contributed by atoms with Crippen LogP contribution in [0.4, 0.5) is 24.7 Å². The molecule has 1 aromatic carbocycles. The van der Waals surface area contributed by atoms with Crippen LogP contribution in [0.3, 0.4) is 0 Å². The van der Waals surface area contributed by atoms with Gasteiger partial charge in [-0.3, -0.25) is 4.79 Å². The van der Waals surface area contributed by atoms with Gasteiger partial charge in [-0.15, -0.1) is 0 Å². The summed E-state index contributed by atoms with van der Waals surface area (Å²) in [6.07, 6.45) is 3.03. The fraction of sp³-hybridized carbons (Fsp3) is 0.353. The van der Waals surface area contributed by atoms with Gasteiger partial charge in [-0.2, -0.15) is 0 Å². The molecule has 0 unspecified atom stereocenters. The maximum Gasteiger partial charge on any atom is 0.272 e. The van der Waals surface area contributed by atoms with Crippen LogP contribution in [0.25, 0.3) is 0 Å². The molecule has 1 fully saturated rings. The van der Waals surface area contributed by atoms with Crippen LogP contribution in [0.2, 0.25) is 0 Å². The average molecular weight is 350 g/mol. The van der Waals surface area contributed by atoms with Gasteiger partial charge in [0.2, 0.25) is 0 Å². The lowest BCUT2D eigenvalue weighted by Gasteiger charge is -2.30. The smallest absolute Gasteiger partial charge is 0.272 e. The van der Waals surface area contributed by atoms with Crippen molar-refractivity contribution < 1.29 is 18.0 Å². The van der Waals surface area contributed by atoms with Gasteiger partial charge in [-0.05, 0) is 30.9 Å². The Morgan fingerprint density at radius 2 is 1.88 bits per heavy atom. The normalized spacial score (nSPS) is 15.3. The number of carbonyl (C=O) groups excluding carboxylic acids is 1. The largest absolute Gasteiger partial charge is 0.338 e. The molecule has 1 aliphatic heterocycles. The number of likely N-dealkylation sites (tertiary alicyclic amines) is 1. The van der Waals surface area contributed by atoms with E-state index in [0.717, 1.165) is 25.0 Å². The number of halogens is 3. The maximum atomic E-state index is 13.7. The lowest BCUT2D eigenvalue weighted by atomic mass is 9.99. The Labute approximate surface area is 142 Å². The van der Waals surface area contributed by atoms with Crippen molar-refractivity contribution in [2.75, 3.05) is 18.4 Å². The summed E-state index contributed by atoms with van der Waals surface area (Å²) in [4.78, 5) is 22.1. The van der Waals surface area contributed by atoms with E-state index >= 15 is 0 Å². The van der Waals surface area contributed by atoms with Crippen LogP contribution in [0.15, 0.2) is 24.5 Å². The second-order valence-electron chi connectivity index (χ2n) is 6.11. The summed E-state index contributed by atoms with van der Waals surface area (Å²) in [7, 11) is 0. The molecule has 0 bridgehead atoms. The second-order valence-corrected chi connectivity index (χ2v) is 6.11. The van der Waals surface area contributed by atoms with Crippen molar-refractivity contribution in [3.63, 3.8) is 0 Å². The highest BCUT2D eigenvalue weighted by Crippen LogP contribution is 2.23. The van der Waals surface area contributed by atoms with E-state index < -0.39 is 17.5 Å². The molecule has 5 nitrogen and oxygen atoms in total. The summed E-state index contributed by atoms with van der Waals surface area (Å²) in [5.74, 6) is -3.73. The Hall–Kier alpha value is -2.64. The average Bonchev–Trinajstić information content (AvgIpc) is 2.62. The fourth-order valence-electron chi connectivity index (χ4n) is 2.68. The summed E-state index contributed by atoms with van der Waals surface area (Å²) in [5, 5.41) is 2.54. The molecule has 8 heteroatoms. The third kappa shape index (κ3) is 3.72. The molecular weight excluding hydrogens is 333 g/mol. The van der Waals surface area contributed by atoms with Crippen molar-refractivity contribution in [1.82, 2.24) is 14.9 Å². The summed E-state index contributed by atoms with van der Waals surface area (Å²) in [6, 6.07) is 3.23. The van der Waals surface area contributed by atoms with E-state index in [-0.39, 0.29) is 23.1 Å². The first kappa shape index (κ1) is 17.2. The van der Waals surface area contributed by atoms with Crippen molar-refractivity contribution in [2.24, 2.45) is 5.92 Å². The summed E-state index contributed by atoms with van der Waals surface area (Å²) < 4.78 is 40.0. The number of anilines is 2. The van der Waals surface area contributed by atoms with Gasteiger partial charge in [0, 0.05) is 19.2 Å². The van der Waals surface area contributed by atoms with Crippen LogP contribution in [-0.4, -0.2) is 33.9 Å². The molecule has 0 saturated carbocycles. The number of nitrogens with zero attached hydrogens (tertiary/aromatic N) is 3. The molecule has 1 aliphatic rings. The van der Waals surface area contributed by atoms with E-state index in [1.807, 2.05) is 0 Å². The van der Waals surface area contributed by atoms with E-state index in [2.05, 4.69) is 22.2 Å². The predicted molar refractivity (Wildman–Crippen MR) is 85.9 cm³/mol. The first-order chi connectivity index (χ1) is 12.0. The van der Waals surface area contributed by atoms with Crippen LogP contribution in [0.5, 0.6) is 0 Å². The molecule has 132 valence electrons. The first-order valence-electron chi connectivity index (χ1n) is 7.97. The van der Waals surface area contributed by atoms with E-state index in [0.29, 0.717) is 19.0 Å². The van der Waals surface area contributed by atoms with Crippen molar-refractivity contribution in [2.45, 2.75) is 19.8 Å². The molecule has 1 N–H and O–H groups in total. The first-order valence-corrected chi connectivity index (χ1v) is 7.97. The SMILES string of the molecule is CC1CCN(C(=O)c2cc(Nc3ccc(F)c(F)c3F)ncn2)CC1. The minimum absolute atomic E-state index is 0.119. The highest BCUT2D eigenvalue weighted by molar-refractivity contribution is 5.93. The molecule has 0 radical (unpaired) electrons. The maximum absolute atomic E-state index is 13.7. The zero-order chi connectivity index (χ0) is 18.0. The van der Waals surface area contributed by atoms with Crippen molar-refractivity contribution in [3.8, 4) is 0 Å². The van der Waals surface area contributed by atoms with Crippen molar-refractivity contribution in [3.05, 3.63) is 47.7 Å². The Morgan fingerprint density at radius 1 is 1.16 bits per heavy atom. The molecule has 0 spiro atoms. The van der Waals surface area contributed by atoms with Crippen LogP contribution >= 0.6 is 0 Å². The standard InChI is InChI=1S/C17H17F3N4O/c1-10-4-6-24(7-5-10)17(25)13-8-14(22-9-21-13)23-12-3-2-11(18)15(19)16(12)20/h2-3,8-10H,4-7H2,1H3,(H,21,22,23). The van der Waals surface area contributed by atoms with Crippen LogP contribution < -0.4 is 5.32 Å². The number of rotatable bonds is 3. The highest BCUT2D eigenvalue weighted by Gasteiger charge is 2.23. The monoisotopic (exact) mass is 350 g/mol. The van der Waals surface area contributed by atoms with Gasteiger partial charge in [-0.1, -0.05) is 6.92 Å². The number of hydrogen-bond acceptors (Lipinski definition) is 4. The summed E-state index contributed by atoms with van der Waals surface area (Å²) >= 11 is 0. The molecule has 0 atom stereocenters. The Kier molecular flexibility index (Phi) is 4.87. The van der Waals surface area contributed by atoms with Gasteiger partial charge in [0.15, 0.2) is 17.5 Å². The Bertz CT molecular complexity index is 791. The molecular formula is C17H17F3N4O. The molecule has 1 amide bonds. The zero-order valence-electron chi connectivity index (χ0n) is 13.6. The van der Waals surface area contributed by atoms with Gasteiger partial charge in [0.25, 0.3) is 5.91 Å². The van der Waals surface area contributed by atoms with Crippen LogP contribution in [0.1, 0.15) is 30.3 Å². The summed E-state index contributed by atoms with van der Waals surface area (Å²) in [5.41, 5.74) is -0.113. The third-order valence-electron chi connectivity index (χ3n) is 4.25. The second kappa shape index (κ2) is 7.08. The van der Waals surface area contributed by atoms with Gasteiger partial charge in [0.1, 0.15) is 17.8 Å². The molecule has 1 saturated heterocycles. The Morgan fingerprint density at radius 3 is 2.60 bits per heavy atom. The molecule has 1 aromatic heterocycles. The van der Waals surface area contributed by atoms with Gasteiger partial charge in [0.05, 0.1) is 5.69 Å². The molecule has 2 aromatic rings. The molecule has 3 rings (SSSR count). The van der Waals surface area contributed by atoms with Crippen LogP contribution in [0, 0.1) is 23.4 Å². The topological polar surface area (TPSA) is 58.1 Å². The Balaban J connectivity index is 1.78. The third-order valence-corrected chi connectivity index (χ3v) is 4.25. The predicted octanol–water partition coefficient (Wildman–Crippen LogP) is 3.51. The van der Waals surface area contributed by atoms with Crippen molar-refractivity contribution >= 4 is 17.4 Å². The lowest BCUT2D eigenvalue weighted by Crippen LogP contribution is -2.38. The van der Waals surface area contributed by atoms with Gasteiger partial charge >= 0.3 is 0 Å². The number of carbonyl (C=O) groups is 1. The zero-order valence-corrected chi connectivity index (χ0v) is 13.6. The van der Waals surface area contributed by atoms with Crippen LogP contribution in [-0.2, 0) is 0 Å². The van der Waals surface area contributed by atoms with Gasteiger partial charge in [-0.25, -0.2) is 23.1 Å². The fourth-order valence-corrected chi connectivity index (χ4v) is 2.68. The number of hydrogen-bond donors (Lipinski definition) is 1. The number of benzene rings is 1. The quantitative estimate of drug-likeness (QED) is 0.861. The molecule has 2 heterocycles. The molecule has 0 aliphatic carbocycles. The van der Waals surface area contributed by atoms with Crippen molar-refractivity contribution in [1.29, 1.82) is 0 Å². The minimum Gasteiger partial charge on any atom is -0.338 e. The number of amides is 1. The van der Waals surface area contributed by atoms with E-state index in [9.17, 15) is 18.0 Å². The minimum atomic E-state index is -1.57. The van der Waals surface area contributed by atoms with E-state index in [1.54, 1.807) is 4.90 Å².